The largest absolute Gasteiger partial charge is 0.493 e. The Bertz CT molecular complexity index is 546. The molecule has 1 heterocycles. The minimum atomic E-state index is 0.429. The zero-order valence-electron chi connectivity index (χ0n) is 12.2. The van der Waals surface area contributed by atoms with Crippen molar-refractivity contribution in [3.8, 4) is 11.5 Å². The molecule has 0 unspecified atom stereocenters. The van der Waals surface area contributed by atoms with Gasteiger partial charge in [-0.2, -0.15) is 0 Å². The number of hydrogen-bond acceptors (Lipinski definition) is 3. The van der Waals surface area contributed by atoms with Crippen LogP contribution in [0.2, 0.25) is 0 Å². The van der Waals surface area contributed by atoms with Gasteiger partial charge in [-0.25, -0.2) is 0 Å². The molecule has 0 saturated heterocycles. The zero-order valence-corrected chi connectivity index (χ0v) is 13.0. The lowest BCUT2D eigenvalue weighted by Gasteiger charge is -2.12. The second-order valence-electron chi connectivity index (χ2n) is 4.71. The van der Waals surface area contributed by atoms with E-state index in [4.69, 9.17) is 21.1 Å². The van der Waals surface area contributed by atoms with E-state index in [-0.39, 0.29) is 0 Å². The van der Waals surface area contributed by atoms with Crippen molar-refractivity contribution >= 4 is 11.6 Å². The van der Waals surface area contributed by atoms with Crippen LogP contribution in [0.15, 0.2) is 42.7 Å². The number of halogens is 1. The summed E-state index contributed by atoms with van der Waals surface area (Å²) in [6.45, 7) is 3.39. The molecular weight excluding hydrogens is 286 g/mol. The van der Waals surface area contributed by atoms with E-state index in [0.29, 0.717) is 19.1 Å². The highest BCUT2D eigenvalue weighted by Crippen LogP contribution is 2.26. The third kappa shape index (κ3) is 4.94. The van der Waals surface area contributed by atoms with Gasteiger partial charge in [0.1, 0.15) is 11.5 Å². The van der Waals surface area contributed by atoms with Crippen molar-refractivity contribution < 1.29 is 9.47 Å². The quantitative estimate of drug-likeness (QED) is 0.684. The Hall–Kier alpha value is -1.74. The summed E-state index contributed by atoms with van der Waals surface area (Å²) in [5.41, 5.74) is 2.19. The monoisotopic (exact) mass is 305 g/mol. The van der Waals surface area contributed by atoms with Gasteiger partial charge < -0.3 is 9.47 Å². The Morgan fingerprint density at radius 1 is 1.05 bits per heavy atom. The molecule has 0 N–H and O–H groups in total. The highest BCUT2D eigenvalue weighted by molar-refractivity contribution is 6.17. The smallest absolute Gasteiger partial charge is 0.127 e. The van der Waals surface area contributed by atoms with E-state index in [2.05, 4.69) is 11.9 Å². The summed E-state index contributed by atoms with van der Waals surface area (Å²) in [4.78, 5) is 4.00. The number of alkyl halides is 1. The predicted octanol–water partition coefficient (Wildman–Crippen LogP) is 4.23. The summed E-state index contributed by atoms with van der Waals surface area (Å²) in [6, 6.07) is 9.79. The SMILES string of the molecule is CCCOc1ccc(CCl)c(OCCc2ccncc2)c1. The summed E-state index contributed by atoms with van der Waals surface area (Å²) < 4.78 is 11.5. The summed E-state index contributed by atoms with van der Waals surface area (Å²) >= 11 is 5.96. The van der Waals surface area contributed by atoms with Crippen LogP contribution < -0.4 is 9.47 Å². The van der Waals surface area contributed by atoms with Crippen molar-refractivity contribution in [1.82, 2.24) is 4.98 Å². The first-order chi connectivity index (χ1) is 10.3. The van der Waals surface area contributed by atoms with Crippen molar-refractivity contribution in [2.75, 3.05) is 13.2 Å². The van der Waals surface area contributed by atoms with E-state index >= 15 is 0 Å². The third-order valence-electron chi connectivity index (χ3n) is 3.05. The summed E-state index contributed by atoms with van der Waals surface area (Å²) in [5.74, 6) is 2.05. The number of nitrogens with zero attached hydrogens (tertiary/aromatic N) is 1. The molecule has 0 saturated carbocycles. The molecule has 4 heteroatoms. The van der Waals surface area contributed by atoms with E-state index < -0.39 is 0 Å². The number of rotatable bonds is 8. The topological polar surface area (TPSA) is 31.4 Å². The fourth-order valence-electron chi connectivity index (χ4n) is 1.92. The van der Waals surface area contributed by atoms with Crippen LogP contribution >= 0.6 is 11.6 Å². The molecule has 0 aliphatic heterocycles. The maximum atomic E-state index is 5.96. The summed E-state index contributed by atoms with van der Waals surface area (Å²) in [7, 11) is 0. The Balaban J connectivity index is 1.96. The van der Waals surface area contributed by atoms with E-state index in [9.17, 15) is 0 Å². The van der Waals surface area contributed by atoms with Crippen LogP contribution in [0.1, 0.15) is 24.5 Å². The number of pyridine rings is 1. The van der Waals surface area contributed by atoms with Crippen molar-refractivity contribution in [2.45, 2.75) is 25.6 Å². The highest BCUT2D eigenvalue weighted by Gasteiger charge is 2.06. The number of benzene rings is 1. The van der Waals surface area contributed by atoms with E-state index in [1.807, 2.05) is 30.3 Å². The molecular formula is C17H20ClNO2. The lowest BCUT2D eigenvalue weighted by Crippen LogP contribution is -2.04. The van der Waals surface area contributed by atoms with Gasteiger partial charge in [0.15, 0.2) is 0 Å². The molecule has 2 aromatic rings. The van der Waals surface area contributed by atoms with Crippen LogP contribution in [0.4, 0.5) is 0 Å². The zero-order chi connectivity index (χ0) is 14.9. The molecule has 112 valence electrons. The number of hydrogen-bond donors (Lipinski definition) is 0. The van der Waals surface area contributed by atoms with Crippen molar-refractivity contribution in [1.29, 1.82) is 0 Å². The lowest BCUT2D eigenvalue weighted by molar-refractivity contribution is 0.302. The Morgan fingerprint density at radius 2 is 1.86 bits per heavy atom. The van der Waals surface area contributed by atoms with Crippen LogP contribution in [0.25, 0.3) is 0 Å². The minimum absolute atomic E-state index is 0.429. The van der Waals surface area contributed by atoms with Gasteiger partial charge >= 0.3 is 0 Å². The predicted molar refractivity (Wildman–Crippen MR) is 85.2 cm³/mol. The molecule has 0 aliphatic carbocycles. The van der Waals surface area contributed by atoms with Crippen molar-refractivity contribution in [2.24, 2.45) is 0 Å². The van der Waals surface area contributed by atoms with E-state index in [0.717, 1.165) is 29.9 Å². The van der Waals surface area contributed by atoms with E-state index in [1.54, 1.807) is 12.4 Å². The first-order valence-corrected chi connectivity index (χ1v) is 7.70. The van der Waals surface area contributed by atoms with Crippen LogP contribution in [0, 0.1) is 0 Å². The summed E-state index contributed by atoms with van der Waals surface area (Å²) in [6.07, 6.45) is 5.40. The Morgan fingerprint density at radius 3 is 2.57 bits per heavy atom. The van der Waals surface area contributed by atoms with Gasteiger partial charge in [0.05, 0.1) is 19.1 Å². The van der Waals surface area contributed by atoms with Gasteiger partial charge in [-0.1, -0.05) is 13.0 Å². The van der Waals surface area contributed by atoms with Gasteiger partial charge in [0.25, 0.3) is 0 Å². The molecule has 0 radical (unpaired) electrons. The van der Waals surface area contributed by atoms with Crippen molar-refractivity contribution in [3.05, 3.63) is 53.9 Å². The molecule has 2 rings (SSSR count). The summed E-state index contributed by atoms with van der Waals surface area (Å²) in [5, 5.41) is 0. The van der Waals surface area contributed by atoms with Crippen LogP contribution in [-0.2, 0) is 12.3 Å². The Kier molecular flexibility index (Phi) is 6.35. The molecule has 1 aromatic carbocycles. The molecule has 0 fully saturated rings. The van der Waals surface area contributed by atoms with Crippen LogP contribution in [0.3, 0.4) is 0 Å². The number of ether oxygens (including phenoxy) is 2. The molecule has 0 aliphatic rings. The molecule has 3 nitrogen and oxygen atoms in total. The Labute approximate surface area is 130 Å². The molecule has 0 amide bonds. The van der Waals surface area contributed by atoms with Crippen LogP contribution in [-0.4, -0.2) is 18.2 Å². The first kappa shape index (κ1) is 15.6. The average Bonchev–Trinajstić information content (AvgIpc) is 2.54. The molecule has 0 bridgehead atoms. The maximum Gasteiger partial charge on any atom is 0.127 e. The average molecular weight is 306 g/mol. The fourth-order valence-corrected chi connectivity index (χ4v) is 2.14. The van der Waals surface area contributed by atoms with E-state index in [1.165, 1.54) is 5.56 Å². The standard InChI is InChI=1S/C17H20ClNO2/c1-2-10-20-16-4-3-15(13-18)17(12-16)21-11-7-14-5-8-19-9-6-14/h3-6,8-9,12H,2,7,10-11,13H2,1H3. The highest BCUT2D eigenvalue weighted by atomic mass is 35.5. The first-order valence-electron chi connectivity index (χ1n) is 7.17. The normalized spacial score (nSPS) is 10.4. The van der Waals surface area contributed by atoms with Gasteiger partial charge in [0, 0.05) is 30.4 Å². The molecule has 0 spiro atoms. The number of aromatic nitrogens is 1. The fraction of sp³-hybridized carbons (Fsp3) is 0.353. The van der Waals surface area contributed by atoms with Gasteiger partial charge in [0.2, 0.25) is 0 Å². The van der Waals surface area contributed by atoms with Gasteiger partial charge in [-0.05, 0) is 30.2 Å². The van der Waals surface area contributed by atoms with Gasteiger partial charge in [-0.15, -0.1) is 11.6 Å². The minimum Gasteiger partial charge on any atom is -0.493 e. The maximum absolute atomic E-state index is 5.96. The second kappa shape index (κ2) is 8.53. The lowest BCUT2D eigenvalue weighted by atomic mass is 10.2. The molecule has 1 aromatic heterocycles. The van der Waals surface area contributed by atoms with Crippen LogP contribution in [0.5, 0.6) is 11.5 Å². The third-order valence-corrected chi connectivity index (χ3v) is 3.34. The molecule has 21 heavy (non-hydrogen) atoms. The van der Waals surface area contributed by atoms with Crippen molar-refractivity contribution in [3.63, 3.8) is 0 Å². The second-order valence-corrected chi connectivity index (χ2v) is 4.97. The van der Waals surface area contributed by atoms with Gasteiger partial charge in [-0.3, -0.25) is 4.98 Å². The molecule has 0 atom stereocenters.